The van der Waals surface area contributed by atoms with E-state index >= 15 is 0 Å². The fourth-order valence-corrected chi connectivity index (χ4v) is 1.33. The van der Waals surface area contributed by atoms with Crippen molar-refractivity contribution in [2.75, 3.05) is 26.9 Å². The van der Waals surface area contributed by atoms with Gasteiger partial charge in [0.05, 0.1) is 19.1 Å². The third-order valence-corrected chi connectivity index (χ3v) is 2.55. The highest BCUT2D eigenvalue weighted by Gasteiger charge is 2.13. The Morgan fingerprint density at radius 1 is 1.11 bits per heavy atom. The van der Waals surface area contributed by atoms with E-state index in [1.54, 1.807) is 14.0 Å². The lowest BCUT2D eigenvalue weighted by Crippen LogP contribution is -2.17. The minimum Gasteiger partial charge on any atom is -0.463 e. The van der Waals surface area contributed by atoms with Crippen molar-refractivity contribution in [3.8, 4) is 0 Å². The molecule has 5 nitrogen and oxygen atoms in total. The van der Waals surface area contributed by atoms with Gasteiger partial charge in [-0.15, -0.1) is 0 Å². The zero-order valence-electron chi connectivity index (χ0n) is 12.1. The van der Waals surface area contributed by atoms with Crippen molar-refractivity contribution in [1.29, 1.82) is 0 Å². The van der Waals surface area contributed by atoms with Crippen molar-refractivity contribution in [2.45, 2.75) is 33.1 Å². The second-order valence-corrected chi connectivity index (χ2v) is 4.47. The second kappa shape index (κ2) is 10.6. The Hall–Kier alpha value is -1.36. The molecule has 0 amide bonds. The van der Waals surface area contributed by atoms with E-state index < -0.39 is 0 Å². The van der Waals surface area contributed by atoms with Crippen LogP contribution in [0, 0.1) is 5.92 Å². The van der Waals surface area contributed by atoms with E-state index in [0.29, 0.717) is 18.8 Å². The Bertz CT molecular complexity index is 298. The van der Waals surface area contributed by atoms with E-state index in [1.165, 1.54) is 0 Å². The summed E-state index contributed by atoms with van der Waals surface area (Å²) in [5.74, 6) is -0.725. The molecule has 5 heteroatoms. The second-order valence-electron chi connectivity index (χ2n) is 4.47. The quantitative estimate of drug-likeness (QED) is 0.346. The molecule has 0 aliphatic rings. The Labute approximate surface area is 114 Å². The summed E-state index contributed by atoms with van der Waals surface area (Å²) >= 11 is 0. The molecule has 0 aliphatic carbocycles. The van der Waals surface area contributed by atoms with E-state index in [4.69, 9.17) is 14.2 Å². The first-order chi connectivity index (χ1) is 8.99. The molecule has 0 saturated carbocycles. The van der Waals surface area contributed by atoms with Gasteiger partial charge >= 0.3 is 11.9 Å². The molecule has 0 N–H and O–H groups in total. The zero-order valence-corrected chi connectivity index (χ0v) is 12.1. The number of hydrogen-bond acceptors (Lipinski definition) is 5. The minimum atomic E-state index is -0.368. The molecule has 1 atom stereocenters. The van der Waals surface area contributed by atoms with E-state index in [1.807, 2.05) is 6.92 Å². The number of unbranched alkanes of at least 4 members (excludes halogenated alkanes) is 1. The highest BCUT2D eigenvalue weighted by Crippen LogP contribution is 2.10. The maximum atomic E-state index is 11.5. The van der Waals surface area contributed by atoms with E-state index in [9.17, 15) is 9.59 Å². The standard InChI is InChI=1S/C14H24O5/c1-11(2)13(15)18-8-6-5-7-12(3)14(16)19-10-9-17-4/h12H,1,5-10H2,2-4H3. The molecule has 0 aliphatic heterocycles. The van der Waals surface area contributed by atoms with Crippen molar-refractivity contribution in [2.24, 2.45) is 5.92 Å². The van der Waals surface area contributed by atoms with Crippen molar-refractivity contribution in [3.05, 3.63) is 12.2 Å². The number of rotatable bonds is 10. The first-order valence-corrected chi connectivity index (χ1v) is 6.47. The third-order valence-electron chi connectivity index (χ3n) is 2.55. The summed E-state index contributed by atoms with van der Waals surface area (Å²) in [4.78, 5) is 22.6. The lowest BCUT2D eigenvalue weighted by atomic mass is 10.0. The molecule has 0 rings (SSSR count). The largest absolute Gasteiger partial charge is 0.463 e. The first kappa shape index (κ1) is 17.6. The van der Waals surface area contributed by atoms with Crippen LogP contribution in [0.5, 0.6) is 0 Å². The van der Waals surface area contributed by atoms with Crippen LogP contribution >= 0.6 is 0 Å². The predicted molar refractivity (Wildman–Crippen MR) is 71.6 cm³/mol. The van der Waals surface area contributed by atoms with Gasteiger partial charge in [0.1, 0.15) is 6.61 Å². The van der Waals surface area contributed by atoms with Crippen LogP contribution in [-0.4, -0.2) is 38.9 Å². The van der Waals surface area contributed by atoms with Crippen LogP contribution in [0.3, 0.4) is 0 Å². The number of ether oxygens (including phenoxy) is 3. The van der Waals surface area contributed by atoms with Crippen LogP contribution in [0.4, 0.5) is 0 Å². The maximum absolute atomic E-state index is 11.5. The zero-order chi connectivity index (χ0) is 14.7. The fraction of sp³-hybridized carbons (Fsp3) is 0.714. The molecule has 0 heterocycles. The predicted octanol–water partition coefficient (Wildman–Crippen LogP) is 2.10. The molecule has 0 aromatic rings. The Balaban J connectivity index is 3.57. The minimum absolute atomic E-state index is 0.145. The topological polar surface area (TPSA) is 61.8 Å². The van der Waals surface area contributed by atoms with Crippen LogP contribution in [0.15, 0.2) is 12.2 Å². The van der Waals surface area contributed by atoms with Crippen LogP contribution in [0.25, 0.3) is 0 Å². The smallest absolute Gasteiger partial charge is 0.333 e. The summed E-state index contributed by atoms with van der Waals surface area (Å²) in [6, 6.07) is 0. The summed E-state index contributed by atoms with van der Waals surface area (Å²) in [6.45, 7) is 7.99. The first-order valence-electron chi connectivity index (χ1n) is 6.47. The van der Waals surface area contributed by atoms with Gasteiger partial charge in [-0.25, -0.2) is 4.79 Å². The normalized spacial score (nSPS) is 11.7. The number of methoxy groups -OCH3 is 1. The van der Waals surface area contributed by atoms with Crippen molar-refractivity contribution >= 4 is 11.9 Å². The van der Waals surface area contributed by atoms with Gasteiger partial charge in [0.2, 0.25) is 0 Å². The lowest BCUT2D eigenvalue weighted by molar-refractivity contribution is -0.149. The molecule has 0 aromatic heterocycles. The SMILES string of the molecule is C=C(C)C(=O)OCCCCC(C)C(=O)OCCOC. The van der Waals surface area contributed by atoms with Gasteiger partial charge in [0.25, 0.3) is 0 Å². The highest BCUT2D eigenvalue weighted by atomic mass is 16.6. The van der Waals surface area contributed by atoms with Gasteiger partial charge in [-0.1, -0.05) is 13.5 Å². The molecular formula is C14H24O5. The number of esters is 2. The Morgan fingerprint density at radius 3 is 2.37 bits per heavy atom. The molecule has 0 bridgehead atoms. The molecule has 0 fully saturated rings. The molecule has 0 spiro atoms. The molecule has 1 unspecified atom stereocenters. The summed E-state index contributed by atoms with van der Waals surface area (Å²) in [6.07, 6.45) is 2.26. The third kappa shape index (κ3) is 9.25. The van der Waals surface area contributed by atoms with Crippen LogP contribution in [0.2, 0.25) is 0 Å². The van der Waals surface area contributed by atoms with Crippen molar-refractivity contribution < 1.29 is 23.8 Å². The molecule has 0 radical (unpaired) electrons. The fourth-order valence-electron chi connectivity index (χ4n) is 1.33. The van der Waals surface area contributed by atoms with E-state index in [-0.39, 0.29) is 24.5 Å². The average molecular weight is 272 g/mol. The molecule has 0 saturated heterocycles. The number of carbonyl (C=O) groups excluding carboxylic acids is 2. The highest BCUT2D eigenvalue weighted by molar-refractivity contribution is 5.86. The summed E-state index contributed by atoms with van der Waals surface area (Å²) < 4.78 is 14.8. The van der Waals surface area contributed by atoms with E-state index in [0.717, 1.165) is 19.3 Å². The molecule has 110 valence electrons. The lowest BCUT2D eigenvalue weighted by Gasteiger charge is -2.11. The van der Waals surface area contributed by atoms with Gasteiger partial charge in [-0.05, 0) is 26.2 Å². The van der Waals surface area contributed by atoms with Gasteiger partial charge in [-0.2, -0.15) is 0 Å². The van der Waals surface area contributed by atoms with Gasteiger partial charge in [0.15, 0.2) is 0 Å². The summed E-state index contributed by atoms with van der Waals surface area (Å²) in [5.41, 5.74) is 0.398. The number of hydrogen-bond donors (Lipinski definition) is 0. The molecular weight excluding hydrogens is 248 g/mol. The maximum Gasteiger partial charge on any atom is 0.333 e. The molecule has 0 aromatic carbocycles. The van der Waals surface area contributed by atoms with Crippen molar-refractivity contribution in [1.82, 2.24) is 0 Å². The van der Waals surface area contributed by atoms with Crippen molar-refractivity contribution in [3.63, 3.8) is 0 Å². The van der Waals surface area contributed by atoms with Gasteiger partial charge in [-0.3, -0.25) is 4.79 Å². The Kier molecular flexibility index (Phi) is 9.80. The van der Waals surface area contributed by atoms with Crippen LogP contribution in [-0.2, 0) is 23.8 Å². The van der Waals surface area contributed by atoms with Gasteiger partial charge in [0, 0.05) is 12.7 Å². The van der Waals surface area contributed by atoms with E-state index in [2.05, 4.69) is 6.58 Å². The summed E-state index contributed by atoms with van der Waals surface area (Å²) in [7, 11) is 1.56. The van der Waals surface area contributed by atoms with Crippen LogP contribution < -0.4 is 0 Å². The monoisotopic (exact) mass is 272 g/mol. The molecule has 19 heavy (non-hydrogen) atoms. The average Bonchev–Trinajstić information content (AvgIpc) is 2.37. The summed E-state index contributed by atoms with van der Waals surface area (Å²) in [5, 5.41) is 0. The van der Waals surface area contributed by atoms with Crippen LogP contribution in [0.1, 0.15) is 33.1 Å². The number of carbonyl (C=O) groups is 2. The van der Waals surface area contributed by atoms with Gasteiger partial charge < -0.3 is 14.2 Å². The Morgan fingerprint density at radius 2 is 1.79 bits per heavy atom.